The summed E-state index contributed by atoms with van der Waals surface area (Å²) in [6, 6.07) is 7.31. The molecule has 2 amide bonds. The first-order valence-corrected chi connectivity index (χ1v) is 5.90. The fourth-order valence-electron chi connectivity index (χ4n) is 2.10. The highest BCUT2D eigenvalue weighted by atomic mass is 16.2. The van der Waals surface area contributed by atoms with Crippen LogP contribution in [-0.2, 0) is 9.59 Å². The molecule has 94 valence electrons. The summed E-state index contributed by atoms with van der Waals surface area (Å²) in [4.78, 5) is 24.6. The van der Waals surface area contributed by atoms with E-state index in [-0.39, 0.29) is 17.7 Å². The molecule has 0 bridgehead atoms. The van der Waals surface area contributed by atoms with Gasteiger partial charge in [-0.05, 0) is 18.2 Å². The van der Waals surface area contributed by atoms with Crippen molar-refractivity contribution in [3.8, 4) is 0 Å². The van der Waals surface area contributed by atoms with Crippen molar-refractivity contribution in [1.29, 1.82) is 0 Å². The average Bonchev–Trinajstić information content (AvgIpc) is 2.70. The van der Waals surface area contributed by atoms with E-state index in [1.807, 2.05) is 24.3 Å². The van der Waals surface area contributed by atoms with Crippen LogP contribution >= 0.6 is 0 Å². The summed E-state index contributed by atoms with van der Waals surface area (Å²) < 4.78 is 0. The van der Waals surface area contributed by atoms with Crippen LogP contribution in [0.3, 0.4) is 0 Å². The van der Waals surface area contributed by atoms with E-state index in [0.29, 0.717) is 18.7 Å². The lowest BCUT2D eigenvalue weighted by Crippen LogP contribution is -2.24. The minimum absolute atomic E-state index is 0.0971. The molecular weight excluding hydrogens is 228 g/mol. The molecule has 1 unspecified atom stereocenters. The Bertz CT molecular complexity index is 496. The third kappa shape index (κ3) is 2.59. The minimum atomic E-state index is -0.121. The number of hydrogen-bond acceptors (Lipinski definition) is 2. The Kier molecular flexibility index (Phi) is 3.46. The number of carbonyl (C=O) groups excluding carboxylic acids is 2. The molecule has 1 aliphatic heterocycles. The van der Waals surface area contributed by atoms with E-state index in [2.05, 4.69) is 11.9 Å². The van der Waals surface area contributed by atoms with Crippen molar-refractivity contribution in [1.82, 2.24) is 0 Å². The van der Waals surface area contributed by atoms with Gasteiger partial charge in [-0.2, -0.15) is 0 Å². The van der Waals surface area contributed by atoms with Gasteiger partial charge in [-0.1, -0.05) is 12.1 Å². The second kappa shape index (κ2) is 5.04. The average molecular weight is 244 g/mol. The van der Waals surface area contributed by atoms with Gasteiger partial charge in [-0.3, -0.25) is 9.59 Å². The van der Waals surface area contributed by atoms with Gasteiger partial charge in [0, 0.05) is 37.2 Å². The van der Waals surface area contributed by atoms with Crippen LogP contribution in [-0.4, -0.2) is 18.4 Å². The topological polar surface area (TPSA) is 49.4 Å². The third-order valence-corrected chi connectivity index (χ3v) is 2.97. The van der Waals surface area contributed by atoms with Crippen molar-refractivity contribution in [3.63, 3.8) is 0 Å². The number of hydrogen-bond donors (Lipinski definition) is 1. The largest absolute Gasteiger partial charge is 0.326 e. The van der Waals surface area contributed by atoms with E-state index in [9.17, 15) is 9.59 Å². The van der Waals surface area contributed by atoms with Crippen LogP contribution in [0.2, 0.25) is 0 Å². The Morgan fingerprint density at radius 3 is 2.94 bits per heavy atom. The molecule has 0 saturated carbocycles. The van der Waals surface area contributed by atoms with Crippen LogP contribution in [0.4, 0.5) is 11.4 Å². The molecule has 4 heteroatoms. The maximum Gasteiger partial charge on any atom is 0.227 e. The smallest absolute Gasteiger partial charge is 0.227 e. The molecule has 0 spiro atoms. The molecule has 1 aliphatic rings. The molecule has 0 aromatic heterocycles. The molecule has 1 aromatic carbocycles. The van der Waals surface area contributed by atoms with Crippen molar-refractivity contribution >= 4 is 23.2 Å². The summed E-state index contributed by atoms with van der Waals surface area (Å²) in [6.45, 7) is 5.84. The first kappa shape index (κ1) is 12.4. The number of nitrogens with one attached hydrogen (secondary N) is 1. The molecule has 0 radical (unpaired) electrons. The van der Waals surface area contributed by atoms with E-state index in [1.165, 1.54) is 6.92 Å². The molecule has 1 heterocycles. The first-order valence-electron chi connectivity index (χ1n) is 5.90. The zero-order chi connectivity index (χ0) is 13.1. The van der Waals surface area contributed by atoms with Crippen LogP contribution < -0.4 is 10.2 Å². The fourth-order valence-corrected chi connectivity index (χ4v) is 2.10. The number of benzene rings is 1. The molecule has 0 aliphatic carbocycles. The van der Waals surface area contributed by atoms with Gasteiger partial charge in [0.1, 0.15) is 0 Å². The maximum absolute atomic E-state index is 11.9. The van der Waals surface area contributed by atoms with Gasteiger partial charge >= 0.3 is 0 Å². The highest BCUT2D eigenvalue weighted by Gasteiger charge is 2.28. The number of rotatable bonds is 3. The Balaban J connectivity index is 2.20. The Morgan fingerprint density at radius 2 is 2.33 bits per heavy atom. The fraction of sp³-hybridized carbons (Fsp3) is 0.286. The van der Waals surface area contributed by atoms with Gasteiger partial charge in [0.25, 0.3) is 0 Å². The summed E-state index contributed by atoms with van der Waals surface area (Å²) in [7, 11) is 0. The van der Waals surface area contributed by atoms with Crippen LogP contribution in [0.15, 0.2) is 36.9 Å². The molecule has 1 N–H and O–H groups in total. The van der Waals surface area contributed by atoms with Crippen LogP contribution in [0, 0.1) is 5.92 Å². The van der Waals surface area contributed by atoms with Gasteiger partial charge in [0.15, 0.2) is 0 Å². The molecule has 1 saturated heterocycles. The Labute approximate surface area is 106 Å². The molecule has 1 aromatic rings. The summed E-state index contributed by atoms with van der Waals surface area (Å²) >= 11 is 0. The Hall–Kier alpha value is -2.10. The van der Waals surface area contributed by atoms with Crippen molar-refractivity contribution in [2.75, 3.05) is 16.8 Å². The van der Waals surface area contributed by atoms with Gasteiger partial charge in [-0.25, -0.2) is 0 Å². The molecule has 1 fully saturated rings. The maximum atomic E-state index is 11.9. The number of nitrogens with zero attached hydrogens (tertiary/aromatic N) is 1. The van der Waals surface area contributed by atoms with E-state index < -0.39 is 0 Å². The SMILES string of the molecule is C=CC1CC(=O)N(c2cccc(NC(C)=O)c2)C1. The van der Waals surface area contributed by atoms with Crippen molar-refractivity contribution in [2.45, 2.75) is 13.3 Å². The van der Waals surface area contributed by atoms with Gasteiger partial charge in [0.05, 0.1) is 0 Å². The second-order valence-corrected chi connectivity index (χ2v) is 4.44. The third-order valence-electron chi connectivity index (χ3n) is 2.97. The van der Waals surface area contributed by atoms with Gasteiger partial charge in [0.2, 0.25) is 11.8 Å². The van der Waals surface area contributed by atoms with Crippen molar-refractivity contribution < 1.29 is 9.59 Å². The molecule has 1 atom stereocenters. The monoisotopic (exact) mass is 244 g/mol. The van der Waals surface area contributed by atoms with Crippen LogP contribution in [0.1, 0.15) is 13.3 Å². The lowest BCUT2D eigenvalue weighted by atomic mass is 10.1. The van der Waals surface area contributed by atoms with Gasteiger partial charge in [-0.15, -0.1) is 6.58 Å². The highest BCUT2D eigenvalue weighted by molar-refractivity contribution is 5.97. The van der Waals surface area contributed by atoms with E-state index in [4.69, 9.17) is 0 Å². The zero-order valence-electron chi connectivity index (χ0n) is 10.3. The van der Waals surface area contributed by atoms with E-state index >= 15 is 0 Å². The number of amides is 2. The zero-order valence-corrected chi connectivity index (χ0v) is 10.3. The first-order chi connectivity index (χ1) is 8.60. The molecule has 18 heavy (non-hydrogen) atoms. The predicted molar refractivity (Wildman–Crippen MR) is 71.4 cm³/mol. The summed E-state index contributed by atoms with van der Waals surface area (Å²) in [6.07, 6.45) is 2.32. The van der Waals surface area contributed by atoms with Gasteiger partial charge < -0.3 is 10.2 Å². The highest BCUT2D eigenvalue weighted by Crippen LogP contribution is 2.27. The summed E-state index contributed by atoms with van der Waals surface area (Å²) in [5.41, 5.74) is 1.52. The van der Waals surface area contributed by atoms with Crippen LogP contribution in [0.5, 0.6) is 0 Å². The molecule has 2 rings (SSSR count). The number of carbonyl (C=O) groups is 2. The lowest BCUT2D eigenvalue weighted by Gasteiger charge is -2.17. The Morgan fingerprint density at radius 1 is 1.56 bits per heavy atom. The van der Waals surface area contributed by atoms with E-state index in [0.717, 1.165) is 5.69 Å². The van der Waals surface area contributed by atoms with Crippen LogP contribution in [0.25, 0.3) is 0 Å². The molecular formula is C14H16N2O2. The normalized spacial score (nSPS) is 18.8. The lowest BCUT2D eigenvalue weighted by molar-refractivity contribution is -0.117. The quantitative estimate of drug-likeness (QED) is 0.828. The van der Waals surface area contributed by atoms with E-state index in [1.54, 1.807) is 11.0 Å². The second-order valence-electron chi connectivity index (χ2n) is 4.44. The summed E-state index contributed by atoms with van der Waals surface area (Å²) in [5.74, 6) is 0.186. The predicted octanol–water partition coefficient (Wildman–Crippen LogP) is 2.18. The molecule has 4 nitrogen and oxygen atoms in total. The minimum Gasteiger partial charge on any atom is -0.326 e. The standard InChI is InChI=1S/C14H16N2O2/c1-3-11-7-14(18)16(9-11)13-6-4-5-12(8-13)15-10(2)17/h3-6,8,11H,1,7,9H2,2H3,(H,15,17). The van der Waals surface area contributed by atoms with Crippen molar-refractivity contribution in [3.05, 3.63) is 36.9 Å². The van der Waals surface area contributed by atoms with Crippen molar-refractivity contribution in [2.24, 2.45) is 5.92 Å². The number of anilines is 2. The summed E-state index contributed by atoms with van der Waals surface area (Å²) in [5, 5.41) is 2.71.